The molecule has 1 N–H and O–H groups in total. The van der Waals surface area contributed by atoms with Crippen molar-refractivity contribution in [2.75, 3.05) is 11.5 Å². The standard InChI is InChI=1S/C65H57F4N3O7/c1-65(2,3)43-26-24-38(25-27-43)32-71-62(73)55-53-44-28-46(66)48(68)30-50(44)70-57(53)58-54(56(55)63(71)74)45-29-47(67)49(69)31-51(45)72(58)64-61(78-36-42-22-14-7-15-23-42)60(77-35-41-20-12-6-13-21-41)59(76-34-40-18-10-5-11-19-40)52(79-64)37-75-33-39-16-8-4-9-17-39/h4-27,29-31,51-52,59-61,64,70H,28,32-37H2,1-3H3/t51?,52-,59-,60+,61-,64-/m1/s1. The Morgan fingerprint density at radius 2 is 1.16 bits per heavy atom. The third-order valence-corrected chi connectivity index (χ3v) is 15.4. The number of nitrogens with zero attached hydrogens (tertiary/aromatic N) is 2. The number of nitrogens with one attached hydrogen (secondary N) is 1. The van der Waals surface area contributed by atoms with Crippen molar-refractivity contribution in [1.29, 1.82) is 0 Å². The zero-order valence-corrected chi connectivity index (χ0v) is 43.8. The smallest absolute Gasteiger partial charge is 0.262 e. The van der Waals surface area contributed by atoms with Crippen LogP contribution in [0.2, 0.25) is 0 Å². The van der Waals surface area contributed by atoms with Crippen LogP contribution in [-0.4, -0.2) is 65.0 Å². The first-order valence-corrected chi connectivity index (χ1v) is 26.5. The highest BCUT2D eigenvalue weighted by atomic mass is 19.2. The van der Waals surface area contributed by atoms with E-state index in [1.165, 1.54) is 0 Å². The minimum atomic E-state index is -1.30. The largest absolute Gasteiger partial charge is 0.374 e. The number of benzene rings is 6. The van der Waals surface area contributed by atoms with Crippen molar-refractivity contribution in [2.24, 2.45) is 0 Å². The fraction of sp³-hybridized carbons (Fsp3) is 0.262. The number of carbonyl (C=O) groups is 2. The summed E-state index contributed by atoms with van der Waals surface area (Å²) in [5, 5.41) is 0.469. The van der Waals surface area contributed by atoms with Crippen molar-refractivity contribution >= 4 is 40.1 Å². The molecule has 6 atom stereocenters. The van der Waals surface area contributed by atoms with Gasteiger partial charge in [0, 0.05) is 28.5 Å². The molecule has 5 aliphatic rings. The number of carbonyl (C=O) groups excluding carboxylic acids is 2. The molecule has 10 nitrogen and oxygen atoms in total. The van der Waals surface area contributed by atoms with Gasteiger partial charge in [0.05, 0.1) is 68.0 Å². The first kappa shape index (κ1) is 52.0. The second-order valence-corrected chi connectivity index (χ2v) is 21.6. The Kier molecular flexibility index (Phi) is 14.1. The van der Waals surface area contributed by atoms with Gasteiger partial charge in [0.1, 0.15) is 30.2 Å². The van der Waals surface area contributed by atoms with Gasteiger partial charge in [0.2, 0.25) is 0 Å². The molecule has 0 bridgehead atoms. The molecule has 1 saturated heterocycles. The van der Waals surface area contributed by atoms with Gasteiger partial charge in [-0.2, -0.15) is 0 Å². The molecule has 12 rings (SSSR count). The molecule has 4 heterocycles. The lowest BCUT2D eigenvalue weighted by atomic mass is 9.87. The number of anilines is 1. The van der Waals surface area contributed by atoms with Crippen LogP contribution >= 0.6 is 0 Å². The molecule has 3 aliphatic heterocycles. The Hall–Kier alpha value is -7.72. The van der Waals surface area contributed by atoms with E-state index < -0.39 is 78.2 Å². The first-order chi connectivity index (χ1) is 38.3. The minimum Gasteiger partial charge on any atom is -0.374 e. The molecule has 0 spiro atoms. The molecule has 1 aromatic heterocycles. The van der Waals surface area contributed by atoms with Crippen molar-refractivity contribution in [2.45, 2.75) is 102 Å². The lowest BCUT2D eigenvalue weighted by molar-refractivity contribution is -0.272. The number of halogens is 4. The van der Waals surface area contributed by atoms with E-state index in [0.29, 0.717) is 5.56 Å². The van der Waals surface area contributed by atoms with Gasteiger partial charge in [-0.25, -0.2) is 17.6 Å². The Bertz CT molecular complexity index is 3690. The van der Waals surface area contributed by atoms with Crippen LogP contribution in [0.3, 0.4) is 0 Å². The zero-order chi connectivity index (χ0) is 54.5. The summed E-state index contributed by atoms with van der Waals surface area (Å²) in [6.07, 6.45) is -2.61. The van der Waals surface area contributed by atoms with Gasteiger partial charge in [0.15, 0.2) is 23.7 Å². The van der Waals surface area contributed by atoms with E-state index in [1.807, 2.05) is 146 Å². The Labute approximate surface area is 454 Å². The van der Waals surface area contributed by atoms with E-state index in [1.54, 1.807) is 4.90 Å². The highest BCUT2D eigenvalue weighted by Crippen LogP contribution is 2.47. The first-order valence-electron chi connectivity index (χ1n) is 26.5. The Balaban J connectivity index is 1.06. The van der Waals surface area contributed by atoms with Gasteiger partial charge in [-0.05, 0) is 62.1 Å². The highest BCUT2D eigenvalue weighted by Gasteiger charge is 2.55. The number of hydrogen-bond acceptors (Lipinski definition) is 8. The molecule has 402 valence electrons. The monoisotopic (exact) mass is 1070 g/mol. The van der Waals surface area contributed by atoms with E-state index in [-0.39, 0.29) is 94.4 Å². The summed E-state index contributed by atoms with van der Waals surface area (Å²) in [6, 6.07) is 44.8. The maximum atomic E-state index is 16.4. The van der Waals surface area contributed by atoms with Crippen molar-refractivity contribution in [3.05, 3.63) is 242 Å². The molecule has 14 heteroatoms. The summed E-state index contributed by atoms with van der Waals surface area (Å²) in [6.45, 7) is 6.55. The number of imide groups is 1. The van der Waals surface area contributed by atoms with Crippen LogP contribution in [0.15, 0.2) is 181 Å². The zero-order valence-electron chi connectivity index (χ0n) is 43.8. The van der Waals surface area contributed by atoms with Crippen LogP contribution in [0.25, 0.3) is 22.6 Å². The molecule has 0 radical (unpaired) electrons. The predicted octanol–water partition coefficient (Wildman–Crippen LogP) is 11.5. The number of aromatic nitrogens is 1. The predicted molar refractivity (Wildman–Crippen MR) is 292 cm³/mol. The number of aromatic amines is 1. The summed E-state index contributed by atoms with van der Waals surface area (Å²) in [5.74, 6) is -5.90. The van der Waals surface area contributed by atoms with Gasteiger partial charge in [-0.15, -0.1) is 0 Å². The quantitative estimate of drug-likeness (QED) is 0.0754. The van der Waals surface area contributed by atoms with Gasteiger partial charge in [-0.1, -0.05) is 166 Å². The summed E-state index contributed by atoms with van der Waals surface area (Å²) in [4.78, 5) is 36.9. The topological polar surface area (TPSA) is 103 Å². The normalized spacial score (nSPS) is 21.7. The summed E-state index contributed by atoms with van der Waals surface area (Å²) < 4.78 is 98.9. The van der Waals surface area contributed by atoms with E-state index in [0.717, 1.165) is 50.9 Å². The van der Waals surface area contributed by atoms with Crippen LogP contribution in [-0.2, 0) is 68.5 Å². The molecule has 1 unspecified atom stereocenters. The third-order valence-electron chi connectivity index (χ3n) is 15.4. The van der Waals surface area contributed by atoms with E-state index in [2.05, 4.69) is 25.8 Å². The van der Waals surface area contributed by atoms with Gasteiger partial charge in [0.25, 0.3) is 11.8 Å². The maximum Gasteiger partial charge on any atom is 0.262 e. The molecule has 6 aromatic carbocycles. The highest BCUT2D eigenvalue weighted by molar-refractivity contribution is 6.29. The summed E-state index contributed by atoms with van der Waals surface area (Å²) >= 11 is 0. The second-order valence-electron chi connectivity index (χ2n) is 21.6. The van der Waals surface area contributed by atoms with Crippen LogP contribution in [0.5, 0.6) is 0 Å². The number of ether oxygens (including phenoxy) is 5. The molecular formula is C65H57F4N3O7. The van der Waals surface area contributed by atoms with Crippen LogP contribution in [0.4, 0.5) is 23.2 Å². The van der Waals surface area contributed by atoms with Crippen LogP contribution in [0.1, 0.15) is 80.4 Å². The van der Waals surface area contributed by atoms with Crippen LogP contribution < -0.4 is 15.5 Å². The lowest BCUT2D eigenvalue weighted by Crippen LogP contribution is -2.66. The van der Waals surface area contributed by atoms with Gasteiger partial charge >= 0.3 is 0 Å². The average Bonchev–Trinajstić information content (AvgIpc) is 2.74. The van der Waals surface area contributed by atoms with Gasteiger partial charge < -0.3 is 33.6 Å². The van der Waals surface area contributed by atoms with Crippen LogP contribution in [0, 0.1) is 0 Å². The molecular weight excluding hydrogens is 1010 g/mol. The molecule has 1 fully saturated rings. The minimum absolute atomic E-state index is 0.0338. The van der Waals surface area contributed by atoms with Crippen molar-refractivity contribution in [3.8, 4) is 0 Å². The maximum absolute atomic E-state index is 16.4. The molecule has 0 saturated carbocycles. The number of allylic oxidation sites excluding steroid dienone is 4. The lowest BCUT2D eigenvalue weighted by Gasteiger charge is -2.50. The molecule has 2 aliphatic carbocycles. The Morgan fingerprint density at radius 1 is 0.620 bits per heavy atom. The van der Waals surface area contributed by atoms with E-state index in [4.69, 9.17) is 23.7 Å². The van der Waals surface area contributed by atoms with Crippen molar-refractivity contribution in [1.82, 2.24) is 9.88 Å². The molecule has 7 aromatic rings. The number of rotatable bonds is 16. The fourth-order valence-corrected chi connectivity index (χ4v) is 11.5. The number of hydrogen-bond donors (Lipinski definition) is 1. The number of fused-ring (bicyclic) bond motifs is 9. The Morgan fingerprint density at radius 3 is 1.75 bits per heavy atom. The third kappa shape index (κ3) is 9.97. The average molecular weight is 1070 g/mol. The van der Waals surface area contributed by atoms with Crippen molar-refractivity contribution < 1.29 is 50.8 Å². The van der Waals surface area contributed by atoms with Crippen molar-refractivity contribution in [3.63, 3.8) is 0 Å². The number of H-pyrrole nitrogens is 1. The van der Waals surface area contributed by atoms with E-state index in [9.17, 15) is 0 Å². The summed E-state index contributed by atoms with van der Waals surface area (Å²) in [5.41, 5.74) is 5.64. The number of amides is 2. The van der Waals surface area contributed by atoms with Gasteiger partial charge in [-0.3, -0.25) is 14.5 Å². The fourth-order valence-electron chi connectivity index (χ4n) is 11.5. The second kappa shape index (κ2) is 21.5. The SMILES string of the molecule is CC(C)(C)c1ccc(CN2C(=O)c3c(c4c5c([nH]c4c4c3=C3C=C(F)C(F)=CC3N4[C@@H]3O[C@H](COCc4ccccc4)[C@@H](OCc4ccccc4)[C@H](OCc4ccccc4)[C@H]3OCc3ccccc3)=CC(F)=C(F)C5)C2=O)cc1. The molecule has 2 amide bonds. The molecule has 79 heavy (non-hydrogen) atoms. The summed E-state index contributed by atoms with van der Waals surface area (Å²) in [7, 11) is 0. The van der Waals surface area contributed by atoms with E-state index >= 15 is 27.2 Å².